The Morgan fingerprint density at radius 1 is 1.12 bits per heavy atom. The minimum absolute atomic E-state index is 0.149. The van der Waals surface area contributed by atoms with Crippen molar-refractivity contribution in [3.05, 3.63) is 57.8 Å². The van der Waals surface area contributed by atoms with Gasteiger partial charge in [0.25, 0.3) is 0 Å². The van der Waals surface area contributed by atoms with E-state index in [0.29, 0.717) is 6.41 Å². The molecular weight excluding hydrogens is 424 g/mol. The standard InChI is InChI=1S/C25H34N2O4S/c28-19-27(31-18-21-8-4-1-5-9-21)24(25(29)30)17-23-12-11-22(32-23)10-6-2-3-7-20-13-15-26-16-14-20/h1,4-5,8-9,11-12,19-20,24,26H,2-3,6-7,10,13-18H2,(H,29,30). The highest BCUT2D eigenvalue weighted by Gasteiger charge is 2.27. The van der Waals surface area contributed by atoms with Gasteiger partial charge in [0.1, 0.15) is 6.61 Å². The lowest BCUT2D eigenvalue weighted by atomic mass is 9.92. The Balaban J connectivity index is 1.43. The summed E-state index contributed by atoms with van der Waals surface area (Å²) in [5.74, 6) is -0.180. The molecule has 32 heavy (non-hydrogen) atoms. The molecule has 2 N–H and O–H groups in total. The van der Waals surface area contributed by atoms with Crippen molar-refractivity contribution < 1.29 is 19.5 Å². The van der Waals surface area contributed by atoms with Crippen LogP contribution >= 0.6 is 11.3 Å². The van der Waals surface area contributed by atoms with Crippen LogP contribution in [0, 0.1) is 5.92 Å². The second-order valence-corrected chi connectivity index (χ2v) is 9.70. The van der Waals surface area contributed by atoms with Crippen molar-refractivity contribution in [2.75, 3.05) is 13.1 Å². The number of aryl methyl sites for hydroxylation is 1. The molecule has 7 heteroatoms. The molecule has 0 spiro atoms. The normalized spacial score (nSPS) is 15.4. The van der Waals surface area contributed by atoms with Crippen LogP contribution in [0.1, 0.15) is 53.8 Å². The maximum absolute atomic E-state index is 11.8. The summed E-state index contributed by atoms with van der Waals surface area (Å²) < 4.78 is 0. The molecule has 1 fully saturated rings. The van der Waals surface area contributed by atoms with Gasteiger partial charge in [-0.3, -0.25) is 9.63 Å². The average Bonchev–Trinajstić information content (AvgIpc) is 3.27. The van der Waals surface area contributed by atoms with Crippen LogP contribution in [-0.2, 0) is 33.9 Å². The highest BCUT2D eigenvalue weighted by Crippen LogP contribution is 2.23. The van der Waals surface area contributed by atoms with Crippen LogP contribution < -0.4 is 5.32 Å². The minimum Gasteiger partial charge on any atom is -0.480 e. The van der Waals surface area contributed by atoms with Crippen molar-refractivity contribution in [2.45, 2.75) is 64.0 Å². The second-order valence-electron chi connectivity index (χ2n) is 8.44. The van der Waals surface area contributed by atoms with Crippen LogP contribution in [0.25, 0.3) is 0 Å². The third kappa shape index (κ3) is 8.04. The smallest absolute Gasteiger partial charge is 0.329 e. The third-order valence-corrected chi connectivity index (χ3v) is 7.19. The van der Waals surface area contributed by atoms with E-state index in [0.717, 1.165) is 34.3 Å². The predicted octanol–water partition coefficient (Wildman–Crippen LogP) is 4.44. The number of amides is 1. The van der Waals surface area contributed by atoms with Crippen molar-refractivity contribution in [3.8, 4) is 0 Å². The first-order valence-electron chi connectivity index (χ1n) is 11.6. The summed E-state index contributed by atoms with van der Waals surface area (Å²) in [6.07, 6.45) is 9.37. The predicted molar refractivity (Wildman–Crippen MR) is 126 cm³/mol. The summed E-state index contributed by atoms with van der Waals surface area (Å²) in [6.45, 7) is 2.48. The van der Waals surface area contributed by atoms with Crippen LogP contribution in [0.15, 0.2) is 42.5 Å². The number of nitrogens with one attached hydrogen (secondary N) is 1. The molecule has 1 unspecified atom stereocenters. The fourth-order valence-corrected chi connectivity index (χ4v) is 5.24. The van der Waals surface area contributed by atoms with Gasteiger partial charge in [-0.25, -0.2) is 9.86 Å². The molecule has 6 nitrogen and oxygen atoms in total. The number of nitrogens with zero attached hydrogens (tertiary/aromatic N) is 1. The van der Waals surface area contributed by atoms with Crippen molar-refractivity contribution in [3.63, 3.8) is 0 Å². The molecular formula is C25H34N2O4S. The quantitative estimate of drug-likeness (QED) is 0.249. The number of carboxylic acid groups (broad SMARTS) is 1. The lowest BCUT2D eigenvalue weighted by Gasteiger charge is -2.23. The molecule has 0 saturated carbocycles. The topological polar surface area (TPSA) is 78.9 Å². The summed E-state index contributed by atoms with van der Waals surface area (Å²) >= 11 is 1.64. The van der Waals surface area contributed by atoms with Gasteiger partial charge in [-0.05, 0) is 62.4 Å². The largest absolute Gasteiger partial charge is 0.480 e. The summed E-state index contributed by atoms with van der Waals surface area (Å²) in [7, 11) is 0. The fourth-order valence-electron chi connectivity index (χ4n) is 4.14. The zero-order valence-electron chi connectivity index (χ0n) is 18.6. The van der Waals surface area contributed by atoms with Gasteiger partial charge in [0.05, 0.1) is 0 Å². The van der Waals surface area contributed by atoms with E-state index in [-0.39, 0.29) is 13.0 Å². The second kappa shape index (κ2) is 13.4. The zero-order valence-corrected chi connectivity index (χ0v) is 19.4. The molecule has 0 radical (unpaired) electrons. The van der Waals surface area contributed by atoms with E-state index >= 15 is 0 Å². The number of carboxylic acids is 1. The molecule has 1 aromatic heterocycles. The van der Waals surface area contributed by atoms with Crippen LogP contribution in [0.3, 0.4) is 0 Å². The number of unbranched alkanes of at least 4 members (excludes halogenated alkanes) is 2. The summed E-state index contributed by atoms with van der Waals surface area (Å²) in [5.41, 5.74) is 0.877. The number of rotatable bonds is 14. The molecule has 1 amide bonds. The maximum atomic E-state index is 11.8. The van der Waals surface area contributed by atoms with E-state index in [1.807, 2.05) is 36.4 Å². The van der Waals surface area contributed by atoms with Crippen molar-refractivity contribution in [2.24, 2.45) is 5.92 Å². The Hall–Kier alpha value is -2.22. The number of hydrogen-bond donors (Lipinski definition) is 2. The van der Waals surface area contributed by atoms with Gasteiger partial charge in [0, 0.05) is 16.2 Å². The molecule has 1 atom stereocenters. The van der Waals surface area contributed by atoms with E-state index in [4.69, 9.17) is 4.84 Å². The number of hydroxylamine groups is 2. The first-order chi connectivity index (χ1) is 15.7. The van der Waals surface area contributed by atoms with Crippen molar-refractivity contribution in [1.82, 2.24) is 10.4 Å². The molecule has 2 heterocycles. The lowest BCUT2D eigenvalue weighted by Crippen LogP contribution is -2.41. The zero-order chi connectivity index (χ0) is 22.6. The minimum atomic E-state index is -1.07. The number of benzene rings is 1. The Labute approximate surface area is 194 Å². The first kappa shape index (κ1) is 24.4. The Morgan fingerprint density at radius 3 is 2.59 bits per heavy atom. The van der Waals surface area contributed by atoms with E-state index < -0.39 is 12.0 Å². The summed E-state index contributed by atoms with van der Waals surface area (Å²) in [5, 5.41) is 14.0. The van der Waals surface area contributed by atoms with Crippen LogP contribution in [0.4, 0.5) is 0 Å². The van der Waals surface area contributed by atoms with Crippen LogP contribution in [-0.4, -0.2) is 41.7 Å². The number of hydrogen-bond acceptors (Lipinski definition) is 5. The highest BCUT2D eigenvalue weighted by atomic mass is 32.1. The van der Waals surface area contributed by atoms with Crippen LogP contribution in [0.2, 0.25) is 0 Å². The van der Waals surface area contributed by atoms with Gasteiger partial charge in [0.15, 0.2) is 6.04 Å². The molecule has 1 saturated heterocycles. The van der Waals surface area contributed by atoms with Gasteiger partial charge in [-0.2, -0.15) is 0 Å². The van der Waals surface area contributed by atoms with Gasteiger partial charge in [-0.1, -0.05) is 49.6 Å². The lowest BCUT2D eigenvalue weighted by molar-refractivity contribution is -0.200. The Morgan fingerprint density at radius 2 is 1.88 bits per heavy atom. The molecule has 1 aliphatic rings. The number of thiophene rings is 1. The Bertz CT molecular complexity index is 820. The van der Waals surface area contributed by atoms with E-state index in [1.165, 1.54) is 50.1 Å². The Kier molecular flexibility index (Phi) is 10.2. The summed E-state index contributed by atoms with van der Waals surface area (Å²) in [4.78, 5) is 31.1. The SMILES string of the molecule is O=CN(OCc1ccccc1)C(Cc1ccc(CCCCCC2CCNCC2)s1)C(=O)O. The molecule has 174 valence electrons. The maximum Gasteiger partial charge on any atom is 0.329 e. The van der Waals surface area contributed by atoms with E-state index in [2.05, 4.69) is 11.4 Å². The van der Waals surface area contributed by atoms with Gasteiger partial charge >= 0.3 is 5.97 Å². The van der Waals surface area contributed by atoms with Gasteiger partial charge in [0.2, 0.25) is 6.41 Å². The van der Waals surface area contributed by atoms with Gasteiger partial charge in [-0.15, -0.1) is 11.3 Å². The van der Waals surface area contributed by atoms with E-state index in [9.17, 15) is 14.7 Å². The first-order valence-corrected chi connectivity index (χ1v) is 12.4. The summed E-state index contributed by atoms with van der Waals surface area (Å²) in [6, 6.07) is 12.4. The third-order valence-electron chi connectivity index (χ3n) is 6.03. The molecule has 1 aliphatic heterocycles. The van der Waals surface area contributed by atoms with Gasteiger partial charge < -0.3 is 10.4 Å². The fraction of sp³-hybridized carbons (Fsp3) is 0.520. The highest BCUT2D eigenvalue weighted by molar-refractivity contribution is 7.12. The van der Waals surface area contributed by atoms with Crippen molar-refractivity contribution >= 4 is 23.7 Å². The molecule has 0 aliphatic carbocycles. The molecule has 3 rings (SSSR count). The van der Waals surface area contributed by atoms with E-state index in [1.54, 1.807) is 11.3 Å². The molecule has 2 aromatic rings. The average molecular weight is 459 g/mol. The number of aliphatic carboxylic acids is 1. The number of carbonyl (C=O) groups is 2. The number of piperidine rings is 1. The number of carbonyl (C=O) groups excluding carboxylic acids is 1. The molecule has 1 aromatic carbocycles. The van der Waals surface area contributed by atoms with Crippen molar-refractivity contribution in [1.29, 1.82) is 0 Å². The van der Waals surface area contributed by atoms with Crippen LogP contribution in [0.5, 0.6) is 0 Å². The monoisotopic (exact) mass is 458 g/mol. The molecule has 0 bridgehead atoms.